The lowest BCUT2D eigenvalue weighted by Gasteiger charge is -2.22. The number of hydrogen-bond acceptors (Lipinski definition) is 6. The molecule has 8 nitrogen and oxygen atoms in total. The van der Waals surface area contributed by atoms with Gasteiger partial charge in [-0.05, 0) is 35.4 Å². The van der Waals surface area contributed by atoms with Crippen molar-refractivity contribution in [1.82, 2.24) is 19.2 Å². The Labute approximate surface area is 171 Å². The summed E-state index contributed by atoms with van der Waals surface area (Å²) in [5.41, 5.74) is 2.39. The molecule has 0 saturated carbocycles. The molecule has 0 aliphatic carbocycles. The van der Waals surface area contributed by atoms with Gasteiger partial charge in [0.05, 0.1) is 17.0 Å². The maximum absolute atomic E-state index is 12.9. The summed E-state index contributed by atoms with van der Waals surface area (Å²) in [6.07, 6.45) is 4.75. The molecule has 3 heterocycles. The minimum atomic E-state index is -3.79. The van der Waals surface area contributed by atoms with Crippen molar-refractivity contribution in [3.63, 3.8) is 0 Å². The van der Waals surface area contributed by atoms with Crippen LogP contribution in [0.5, 0.6) is 5.75 Å². The third-order valence-corrected chi connectivity index (χ3v) is 6.79. The monoisotopic (exact) mass is 436 g/mol. The van der Waals surface area contributed by atoms with Gasteiger partial charge in [-0.1, -0.05) is 0 Å². The zero-order valence-electron chi connectivity index (χ0n) is 15.7. The van der Waals surface area contributed by atoms with Gasteiger partial charge < -0.3 is 9.64 Å². The molecule has 1 amide bonds. The molecule has 0 spiro atoms. The molecular weight excluding hydrogens is 418 g/mol. The fraction of sp³-hybridized carbons (Fsp3) is 0.316. The van der Waals surface area contributed by atoms with E-state index in [0.29, 0.717) is 18.8 Å². The molecular formula is C19H18F2N4O4S. The van der Waals surface area contributed by atoms with Crippen LogP contribution in [0.2, 0.25) is 0 Å². The average molecular weight is 436 g/mol. The van der Waals surface area contributed by atoms with E-state index in [4.69, 9.17) is 0 Å². The largest absolute Gasteiger partial charge is 0.435 e. The van der Waals surface area contributed by atoms with E-state index in [0.717, 1.165) is 11.1 Å². The van der Waals surface area contributed by atoms with Crippen LogP contribution in [-0.2, 0) is 21.2 Å². The van der Waals surface area contributed by atoms with Crippen molar-refractivity contribution in [2.45, 2.75) is 17.9 Å². The number of ether oxygens (including phenoxy) is 1. The topological polar surface area (TPSA) is 92.7 Å². The zero-order valence-corrected chi connectivity index (χ0v) is 16.6. The molecule has 2 aromatic rings. The van der Waals surface area contributed by atoms with Gasteiger partial charge in [-0.25, -0.2) is 8.42 Å². The predicted octanol–water partition coefficient (Wildman–Crippen LogP) is 1.46. The first-order valence-electron chi connectivity index (χ1n) is 9.10. The van der Waals surface area contributed by atoms with Gasteiger partial charge in [0, 0.05) is 44.8 Å². The van der Waals surface area contributed by atoms with Crippen LogP contribution < -0.4 is 4.74 Å². The van der Waals surface area contributed by atoms with Crippen molar-refractivity contribution < 1.29 is 26.7 Å². The van der Waals surface area contributed by atoms with E-state index in [-0.39, 0.29) is 36.1 Å². The molecule has 1 aromatic carbocycles. The molecule has 2 aliphatic heterocycles. The zero-order chi connectivity index (χ0) is 21.3. The summed E-state index contributed by atoms with van der Waals surface area (Å²) in [4.78, 5) is 22.2. The molecule has 0 bridgehead atoms. The lowest BCUT2D eigenvalue weighted by atomic mass is 10.2. The molecule has 0 fully saturated rings. The second-order valence-electron chi connectivity index (χ2n) is 6.95. The number of alkyl halides is 2. The number of hydrogen-bond donors (Lipinski definition) is 0. The van der Waals surface area contributed by atoms with E-state index in [1.165, 1.54) is 41.0 Å². The number of sulfonamides is 1. The molecule has 0 unspecified atom stereocenters. The van der Waals surface area contributed by atoms with Crippen LogP contribution in [0.25, 0.3) is 0 Å². The highest BCUT2D eigenvalue weighted by Crippen LogP contribution is 2.30. The van der Waals surface area contributed by atoms with E-state index in [2.05, 4.69) is 14.7 Å². The molecule has 1 aromatic heterocycles. The van der Waals surface area contributed by atoms with Gasteiger partial charge in [0.1, 0.15) is 5.75 Å². The summed E-state index contributed by atoms with van der Waals surface area (Å²) in [6.45, 7) is -1.83. The van der Waals surface area contributed by atoms with Crippen LogP contribution in [0, 0.1) is 0 Å². The summed E-state index contributed by atoms with van der Waals surface area (Å²) < 4.78 is 55.8. The van der Waals surface area contributed by atoms with Crippen LogP contribution in [0.4, 0.5) is 8.78 Å². The van der Waals surface area contributed by atoms with Crippen molar-refractivity contribution >= 4 is 15.9 Å². The standard InChI is InChI=1S/C19H18F2N4O4S/c20-19(21)29-16-1-3-17(4-2-16)30(27,28)25-11-13-9-24(10-14(13)12-25)18(26)7-15-8-22-5-6-23-15/h1-6,8,19H,7,9-12H2. The first-order valence-corrected chi connectivity index (χ1v) is 10.5. The van der Waals surface area contributed by atoms with Crippen molar-refractivity contribution in [2.24, 2.45) is 0 Å². The minimum Gasteiger partial charge on any atom is -0.435 e. The van der Waals surface area contributed by atoms with E-state index < -0.39 is 16.6 Å². The molecule has 0 atom stereocenters. The van der Waals surface area contributed by atoms with E-state index >= 15 is 0 Å². The van der Waals surface area contributed by atoms with E-state index in [1.54, 1.807) is 11.1 Å². The SMILES string of the molecule is O=C(Cc1cnccn1)N1CC2=C(C1)CN(S(=O)(=O)c1ccc(OC(F)F)cc1)C2. The number of rotatable bonds is 6. The van der Waals surface area contributed by atoms with Gasteiger partial charge in [-0.2, -0.15) is 13.1 Å². The summed E-state index contributed by atoms with van der Waals surface area (Å²) in [7, 11) is -3.79. The van der Waals surface area contributed by atoms with Gasteiger partial charge in [-0.3, -0.25) is 14.8 Å². The fourth-order valence-corrected chi connectivity index (χ4v) is 4.95. The first kappa shape index (κ1) is 20.4. The van der Waals surface area contributed by atoms with Crippen LogP contribution in [0.15, 0.2) is 58.9 Å². The number of carbonyl (C=O) groups is 1. The van der Waals surface area contributed by atoms with Crippen LogP contribution in [-0.4, -0.2) is 66.3 Å². The average Bonchev–Trinajstić information content (AvgIpc) is 3.28. The normalized spacial score (nSPS) is 17.0. The Hall–Kier alpha value is -2.92. The number of carbonyl (C=O) groups excluding carboxylic acids is 1. The quantitative estimate of drug-likeness (QED) is 0.637. The number of halogens is 2. The van der Waals surface area contributed by atoms with Gasteiger partial charge >= 0.3 is 6.61 Å². The van der Waals surface area contributed by atoms with Crippen molar-refractivity contribution in [3.8, 4) is 5.75 Å². The van der Waals surface area contributed by atoms with Gasteiger partial charge in [0.25, 0.3) is 0 Å². The molecule has 0 radical (unpaired) electrons. The highest BCUT2D eigenvalue weighted by molar-refractivity contribution is 7.89. The molecule has 2 aliphatic rings. The van der Waals surface area contributed by atoms with Gasteiger partial charge in [-0.15, -0.1) is 0 Å². The summed E-state index contributed by atoms with van der Waals surface area (Å²) in [6, 6.07) is 4.88. The Bertz CT molecular complexity index is 1060. The molecule has 4 rings (SSSR count). The van der Waals surface area contributed by atoms with Crippen LogP contribution in [0.1, 0.15) is 5.69 Å². The molecule has 0 saturated heterocycles. The van der Waals surface area contributed by atoms with E-state index in [1.807, 2.05) is 0 Å². The number of nitrogens with zero attached hydrogens (tertiary/aromatic N) is 4. The van der Waals surface area contributed by atoms with Crippen LogP contribution >= 0.6 is 0 Å². The van der Waals surface area contributed by atoms with Crippen molar-refractivity contribution in [2.75, 3.05) is 26.2 Å². The Kier molecular flexibility index (Phi) is 5.48. The third-order valence-electron chi connectivity index (χ3n) is 4.99. The molecule has 0 N–H and O–H groups in total. The predicted molar refractivity (Wildman–Crippen MR) is 101 cm³/mol. The summed E-state index contributed by atoms with van der Waals surface area (Å²) >= 11 is 0. The molecule has 30 heavy (non-hydrogen) atoms. The van der Waals surface area contributed by atoms with E-state index in [9.17, 15) is 22.0 Å². The van der Waals surface area contributed by atoms with Crippen molar-refractivity contribution in [1.29, 1.82) is 0 Å². The maximum atomic E-state index is 12.9. The Morgan fingerprint density at radius 3 is 2.30 bits per heavy atom. The second kappa shape index (κ2) is 8.07. The molecule has 11 heteroatoms. The second-order valence-corrected chi connectivity index (χ2v) is 8.89. The summed E-state index contributed by atoms with van der Waals surface area (Å²) in [5, 5.41) is 0. The summed E-state index contributed by atoms with van der Waals surface area (Å²) in [5.74, 6) is -0.197. The lowest BCUT2D eigenvalue weighted by Crippen LogP contribution is -2.37. The number of amides is 1. The number of benzene rings is 1. The highest BCUT2D eigenvalue weighted by atomic mass is 32.2. The fourth-order valence-electron chi connectivity index (χ4n) is 3.52. The third kappa shape index (κ3) is 4.17. The Morgan fingerprint density at radius 1 is 1.07 bits per heavy atom. The van der Waals surface area contributed by atoms with Gasteiger partial charge in [0.15, 0.2) is 0 Å². The number of aromatic nitrogens is 2. The highest BCUT2D eigenvalue weighted by Gasteiger charge is 2.37. The smallest absolute Gasteiger partial charge is 0.387 e. The van der Waals surface area contributed by atoms with Crippen molar-refractivity contribution in [3.05, 3.63) is 59.7 Å². The Balaban J connectivity index is 1.37. The van der Waals surface area contributed by atoms with Gasteiger partial charge in [0.2, 0.25) is 15.9 Å². The van der Waals surface area contributed by atoms with Crippen LogP contribution in [0.3, 0.4) is 0 Å². The maximum Gasteiger partial charge on any atom is 0.387 e. The Morgan fingerprint density at radius 2 is 1.73 bits per heavy atom. The minimum absolute atomic E-state index is 0.000810. The lowest BCUT2D eigenvalue weighted by molar-refractivity contribution is -0.129. The first-order chi connectivity index (χ1) is 14.3. The molecule has 158 valence electrons.